The Bertz CT molecular complexity index is 875. The van der Waals surface area contributed by atoms with Gasteiger partial charge in [0.05, 0.1) is 0 Å². The maximum atomic E-state index is 13.0. The van der Waals surface area contributed by atoms with E-state index in [1.807, 2.05) is 56.3 Å². The van der Waals surface area contributed by atoms with Crippen LogP contribution in [0.4, 0.5) is 4.79 Å². The quantitative estimate of drug-likeness (QED) is 0.840. The number of rotatable bonds is 5. The van der Waals surface area contributed by atoms with Crippen LogP contribution >= 0.6 is 0 Å². The molecule has 0 bridgehead atoms. The summed E-state index contributed by atoms with van der Waals surface area (Å²) in [5, 5.41) is 4.81. The lowest BCUT2D eigenvalue weighted by molar-refractivity contribution is -0.138. The molecule has 0 radical (unpaired) electrons. The summed E-state index contributed by atoms with van der Waals surface area (Å²) in [6.07, 6.45) is 0. The third-order valence-corrected chi connectivity index (χ3v) is 5.01. The van der Waals surface area contributed by atoms with Crippen LogP contribution in [0, 0.1) is 0 Å². The van der Waals surface area contributed by atoms with Gasteiger partial charge in [0.15, 0.2) is 0 Å². The molecule has 1 unspecified atom stereocenters. The zero-order valence-electron chi connectivity index (χ0n) is 15.3. The van der Waals surface area contributed by atoms with Crippen molar-refractivity contribution in [1.82, 2.24) is 15.1 Å². The van der Waals surface area contributed by atoms with Crippen LogP contribution < -0.4 is 5.32 Å². The first-order chi connectivity index (χ1) is 12.4. The Hall–Kier alpha value is -2.89. The van der Waals surface area contributed by atoms with E-state index in [1.165, 1.54) is 0 Å². The number of nitrogens with zero attached hydrogens (tertiary/aromatic N) is 2. The first-order valence-electron chi connectivity index (χ1n) is 8.82. The van der Waals surface area contributed by atoms with E-state index in [2.05, 4.69) is 5.32 Å². The standard InChI is InChI=1S/C20H23N3O3/c1-4-22(5-2)17(24)13-23-18(25)20(3,21-19(23)26)16-11-10-14-8-6-7-9-15(14)12-16/h6-12H,4-5,13H2,1-3H3,(H,21,26). The molecule has 2 aromatic rings. The van der Waals surface area contributed by atoms with Crippen LogP contribution in [-0.4, -0.2) is 47.3 Å². The van der Waals surface area contributed by atoms with E-state index in [1.54, 1.807) is 11.8 Å². The zero-order valence-corrected chi connectivity index (χ0v) is 15.3. The summed E-state index contributed by atoms with van der Waals surface area (Å²) >= 11 is 0. The van der Waals surface area contributed by atoms with Gasteiger partial charge in [0.2, 0.25) is 5.91 Å². The number of benzene rings is 2. The van der Waals surface area contributed by atoms with Gasteiger partial charge < -0.3 is 10.2 Å². The summed E-state index contributed by atoms with van der Waals surface area (Å²) in [6, 6.07) is 13.0. The van der Waals surface area contributed by atoms with E-state index in [0.717, 1.165) is 15.7 Å². The van der Waals surface area contributed by atoms with E-state index >= 15 is 0 Å². The summed E-state index contributed by atoms with van der Waals surface area (Å²) < 4.78 is 0. The van der Waals surface area contributed by atoms with Gasteiger partial charge in [-0.1, -0.05) is 36.4 Å². The van der Waals surface area contributed by atoms with E-state index in [4.69, 9.17) is 0 Å². The highest BCUT2D eigenvalue weighted by atomic mass is 16.2. The molecule has 1 heterocycles. The van der Waals surface area contributed by atoms with Crippen molar-refractivity contribution < 1.29 is 14.4 Å². The number of imide groups is 1. The van der Waals surface area contributed by atoms with Gasteiger partial charge in [-0.15, -0.1) is 0 Å². The molecule has 1 aliphatic heterocycles. The van der Waals surface area contributed by atoms with Crippen molar-refractivity contribution in [2.45, 2.75) is 26.3 Å². The van der Waals surface area contributed by atoms with E-state index in [-0.39, 0.29) is 12.5 Å². The molecule has 2 aromatic carbocycles. The molecule has 26 heavy (non-hydrogen) atoms. The van der Waals surface area contributed by atoms with Gasteiger partial charge in [-0.25, -0.2) is 4.79 Å². The minimum atomic E-state index is -1.18. The van der Waals surface area contributed by atoms with Gasteiger partial charge in [0.1, 0.15) is 12.1 Å². The molecule has 1 saturated heterocycles. The average Bonchev–Trinajstić information content (AvgIpc) is 2.86. The number of hydrogen-bond donors (Lipinski definition) is 1. The van der Waals surface area contributed by atoms with Crippen LogP contribution in [-0.2, 0) is 15.1 Å². The largest absolute Gasteiger partial charge is 0.342 e. The Balaban J connectivity index is 1.89. The molecule has 1 aliphatic rings. The van der Waals surface area contributed by atoms with E-state index < -0.39 is 17.5 Å². The molecule has 0 spiro atoms. The van der Waals surface area contributed by atoms with Crippen LogP contribution in [0.15, 0.2) is 42.5 Å². The van der Waals surface area contributed by atoms with Crippen LogP contribution in [0.1, 0.15) is 26.3 Å². The number of fused-ring (bicyclic) bond motifs is 1. The number of amides is 4. The molecule has 0 aromatic heterocycles. The molecule has 0 saturated carbocycles. The van der Waals surface area contributed by atoms with E-state index in [9.17, 15) is 14.4 Å². The lowest BCUT2D eigenvalue weighted by atomic mass is 9.90. The third-order valence-electron chi connectivity index (χ3n) is 5.01. The Morgan fingerprint density at radius 3 is 2.38 bits per heavy atom. The number of nitrogens with one attached hydrogen (secondary N) is 1. The smallest absolute Gasteiger partial charge is 0.325 e. The van der Waals surface area contributed by atoms with Crippen molar-refractivity contribution in [1.29, 1.82) is 0 Å². The van der Waals surface area contributed by atoms with Crippen molar-refractivity contribution in [2.24, 2.45) is 0 Å². The lowest BCUT2D eigenvalue weighted by Crippen LogP contribution is -2.44. The number of hydrogen-bond acceptors (Lipinski definition) is 3. The monoisotopic (exact) mass is 353 g/mol. The lowest BCUT2D eigenvalue weighted by Gasteiger charge is -2.24. The SMILES string of the molecule is CCN(CC)C(=O)CN1C(=O)NC(C)(c2ccc3ccccc3c2)C1=O. The van der Waals surface area contributed by atoms with E-state index in [0.29, 0.717) is 18.7 Å². The minimum absolute atomic E-state index is 0.235. The maximum Gasteiger partial charge on any atom is 0.325 e. The van der Waals surface area contributed by atoms with Gasteiger partial charge >= 0.3 is 6.03 Å². The van der Waals surface area contributed by atoms with Gasteiger partial charge in [-0.2, -0.15) is 0 Å². The molecule has 3 rings (SSSR count). The van der Waals surface area contributed by atoms with Gasteiger partial charge in [-0.05, 0) is 43.2 Å². The maximum absolute atomic E-state index is 13.0. The molecule has 4 amide bonds. The third kappa shape index (κ3) is 2.92. The molecular weight excluding hydrogens is 330 g/mol. The molecule has 6 nitrogen and oxygen atoms in total. The summed E-state index contributed by atoms with van der Waals surface area (Å²) in [7, 11) is 0. The molecule has 0 aliphatic carbocycles. The molecule has 1 atom stereocenters. The Morgan fingerprint density at radius 2 is 1.73 bits per heavy atom. The second kappa shape index (κ2) is 6.78. The van der Waals surface area contributed by atoms with Gasteiger partial charge in [0.25, 0.3) is 5.91 Å². The molecule has 6 heteroatoms. The second-order valence-corrected chi connectivity index (χ2v) is 6.57. The van der Waals surface area contributed by atoms with Crippen molar-refractivity contribution in [3.05, 3.63) is 48.0 Å². The van der Waals surface area contributed by atoms with Crippen molar-refractivity contribution in [3.63, 3.8) is 0 Å². The highest BCUT2D eigenvalue weighted by molar-refractivity contribution is 6.09. The van der Waals surface area contributed by atoms with Crippen LogP contribution in [0.5, 0.6) is 0 Å². The normalized spacial score (nSPS) is 19.7. The number of likely N-dealkylation sites (N-methyl/N-ethyl adjacent to an activating group) is 1. The first kappa shape index (κ1) is 17.9. The highest BCUT2D eigenvalue weighted by Gasteiger charge is 2.49. The number of urea groups is 1. The Labute approximate surface area is 152 Å². The summed E-state index contributed by atoms with van der Waals surface area (Å²) in [6.45, 7) is 6.26. The second-order valence-electron chi connectivity index (χ2n) is 6.57. The predicted octanol–water partition coefficient (Wildman–Crippen LogP) is 2.48. The summed E-state index contributed by atoms with van der Waals surface area (Å²) in [4.78, 5) is 40.3. The Morgan fingerprint density at radius 1 is 1.08 bits per heavy atom. The minimum Gasteiger partial charge on any atom is -0.342 e. The highest BCUT2D eigenvalue weighted by Crippen LogP contribution is 2.31. The van der Waals surface area contributed by atoms with Gasteiger partial charge in [-0.3, -0.25) is 14.5 Å². The Kier molecular flexibility index (Phi) is 4.68. The van der Waals surface area contributed by atoms with Crippen LogP contribution in [0.25, 0.3) is 10.8 Å². The summed E-state index contributed by atoms with van der Waals surface area (Å²) in [5.74, 6) is -0.639. The summed E-state index contributed by atoms with van der Waals surface area (Å²) in [5.41, 5.74) is -0.475. The molecule has 136 valence electrons. The average molecular weight is 353 g/mol. The fourth-order valence-corrected chi connectivity index (χ4v) is 3.35. The molecule has 1 fully saturated rings. The van der Waals surface area contributed by atoms with Crippen molar-refractivity contribution in [2.75, 3.05) is 19.6 Å². The first-order valence-corrected chi connectivity index (χ1v) is 8.82. The van der Waals surface area contributed by atoms with Crippen molar-refractivity contribution >= 4 is 28.6 Å². The van der Waals surface area contributed by atoms with Crippen LogP contribution in [0.2, 0.25) is 0 Å². The van der Waals surface area contributed by atoms with Crippen LogP contribution in [0.3, 0.4) is 0 Å². The fraction of sp³-hybridized carbons (Fsp3) is 0.350. The van der Waals surface area contributed by atoms with Crippen molar-refractivity contribution in [3.8, 4) is 0 Å². The topological polar surface area (TPSA) is 69.7 Å². The van der Waals surface area contributed by atoms with Gasteiger partial charge in [0, 0.05) is 13.1 Å². The fourth-order valence-electron chi connectivity index (χ4n) is 3.35. The zero-order chi connectivity index (χ0) is 18.9. The number of carbonyl (C=O) groups excluding carboxylic acids is 3. The molecule has 1 N–H and O–H groups in total. The predicted molar refractivity (Wildman–Crippen MR) is 99.5 cm³/mol. The molecular formula is C20H23N3O3. The number of carbonyl (C=O) groups is 3.